The minimum absolute atomic E-state index is 0.155. The Labute approximate surface area is 215 Å². The van der Waals surface area contributed by atoms with Gasteiger partial charge < -0.3 is 15.7 Å². The van der Waals surface area contributed by atoms with Gasteiger partial charge in [0.1, 0.15) is 5.60 Å². The number of carbonyl (C=O) groups excluding carboxylic acids is 1. The zero-order valence-corrected chi connectivity index (χ0v) is 23.6. The molecule has 8 atom stereocenters. The van der Waals surface area contributed by atoms with Gasteiger partial charge in [-0.1, -0.05) is 65.5 Å². The molecule has 0 aromatic carbocycles. The van der Waals surface area contributed by atoms with E-state index in [0.717, 1.165) is 49.0 Å². The molecule has 4 heteroatoms. The zero-order chi connectivity index (χ0) is 25.4. The molecule has 3 N–H and O–H groups in total. The molecule has 0 spiro atoms. The van der Waals surface area contributed by atoms with Crippen molar-refractivity contribution in [1.29, 1.82) is 0 Å². The Kier molecular flexibility index (Phi) is 8.14. The first-order valence-corrected chi connectivity index (χ1v) is 14.9. The minimum Gasteiger partial charge on any atom is -0.380 e. The first-order chi connectivity index (χ1) is 16.5. The van der Waals surface area contributed by atoms with E-state index in [1.54, 1.807) is 0 Å². The Balaban J connectivity index is 1.45. The van der Waals surface area contributed by atoms with Gasteiger partial charge in [-0.05, 0) is 98.3 Å². The van der Waals surface area contributed by atoms with Crippen LogP contribution >= 0.6 is 0 Å². The third-order valence-corrected chi connectivity index (χ3v) is 11.5. The Bertz CT molecular complexity index is 793. The second-order valence-corrected chi connectivity index (χ2v) is 13.9. The van der Waals surface area contributed by atoms with Crippen LogP contribution in [0.15, 0.2) is 11.6 Å². The number of aliphatic hydroxyl groups is 1. The van der Waals surface area contributed by atoms with E-state index in [9.17, 15) is 9.90 Å². The topological polar surface area (TPSA) is 61.4 Å². The summed E-state index contributed by atoms with van der Waals surface area (Å²) < 4.78 is 0. The number of hydrogen-bond acceptors (Lipinski definition) is 3. The van der Waals surface area contributed by atoms with Crippen molar-refractivity contribution in [1.82, 2.24) is 10.6 Å². The van der Waals surface area contributed by atoms with E-state index in [1.165, 1.54) is 50.5 Å². The van der Waals surface area contributed by atoms with Gasteiger partial charge in [-0.3, -0.25) is 4.79 Å². The predicted molar refractivity (Wildman–Crippen MR) is 145 cm³/mol. The molecule has 0 unspecified atom stereocenters. The first-order valence-electron chi connectivity index (χ1n) is 14.9. The van der Waals surface area contributed by atoms with Gasteiger partial charge in [-0.25, -0.2) is 0 Å². The molecule has 0 heterocycles. The molecule has 4 rings (SSSR count). The van der Waals surface area contributed by atoms with Gasteiger partial charge in [-0.15, -0.1) is 0 Å². The monoisotopic (exact) mass is 486 g/mol. The minimum atomic E-state index is -1.24. The lowest BCUT2D eigenvalue weighted by molar-refractivity contribution is -0.145. The maximum absolute atomic E-state index is 12.8. The molecule has 35 heavy (non-hydrogen) atoms. The van der Waals surface area contributed by atoms with Gasteiger partial charge >= 0.3 is 0 Å². The summed E-state index contributed by atoms with van der Waals surface area (Å²) in [6.07, 6.45) is 15.4. The van der Waals surface area contributed by atoms with E-state index in [1.807, 2.05) is 7.05 Å². The maximum Gasteiger partial charge on any atom is 0.252 e. The second kappa shape index (κ2) is 10.5. The van der Waals surface area contributed by atoms with Crippen LogP contribution in [-0.2, 0) is 4.79 Å². The Hall–Kier alpha value is -0.870. The molecule has 0 aromatic heterocycles. The maximum atomic E-state index is 12.8. The summed E-state index contributed by atoms with van der Waals surface area (Å²) in [6.45, 7) is 13.7. The largest absolute Gasteiger partial charge is 0.380 e. The fraction of sp³-hybridized carbons (Fsp3) is 0.903. The van der Waals surface area contributed by atoms with Crippen molar-refractivity contribution >= 4 is 5.91 Å². The lowest BCUT2D eigenvalue weighted by Gasteiger charge is -2.59. The molecule has 0 aliphatic heterocycles. The van der Waals surface area contributed by atoms with Crippen molar-refractivity contribution < 1.29 is 9.90 Å². The molecule has 0 aromatic rings. The number of nitrogens with one attached hydrogen (secondary N) is 2. The molecule has 3 saturated carbocycles. The Morgan fingerprint density at radius 2 is 1.83 bits per heavy atom. The van der Waals surface area contributed by atoms with Crippen molar-refractivity contribution in [3.8, 4) is 0 Å². The van der Waals surface area contributed by atoms with Crippen molar-refractivity contribution in [2.24, 2.45) is 46.3 Å². The van der Waals surface area contributed by atoms with Gasteiger partial charge in [0, 0.05) is 19.5 Å². The Morgan fingerprint density at radius 1 is 1.06 bits per heavy atom. The molecule has 1 amide bonds. The van der Waals surface area contributed by atoms with Crippen LogP contribution in [0.4, 0.5) is 0 Å². The van der Waals surface area contributed by atoms with Crippen LogP contribution < -0.4 is 10.6 Å². The highest BCUT2D eigenvalue weighted by molar-refractivity contribution is 5.85. The number of rotatable bonds is 9. The van der Waals surface area contributed by atoms with Crippen LogP contribution in [0, 0.1) is 46.3 Å². The van der Waals surface area contributed by atoms with Crippen molar-refractivity contribution in [3.05, 3.63) is 11.6 Å². The molecule has 4 aliphatic rings. The van der Waals surface area contributed by atoms with Crippen LogP contribution in [-0.4, -0.2) is 36.8 Å². The first kappa shape index (κ1) is 27.2. The van der Waals surface area contributed by atoms with Crippen LogP contribution in [0.3, 0.4) is 0 Å². The predicted octanol–water partition coefficient (Wildman–Crippen LogP) is 6.09. The number of likely N-dealkylation sites (N-methyl/N-ethyl adjacent to an activating group) is 1. The van der Waals surface area contributed by atoms with E-state index >= 15 is 0 Å². The average Bonchev–Trinajstić information content (AvgIpc) is 3.16. The molecule has 3 fully saturated rings. The van der Waals surface area contributed by atoms with E-state index < -0.39 is 5.60 Å². The SMILES string of the molecule is CNCCNC(=O)[C@@]1(O)CC[C@@]2(C)C(=CC[C@H]3[C@@H]4CC[C@H]([C@H](C)CCCC(C)C)[C@@]4(C)CC[C@@H]32)C1. The number of allylic oxidation sites excluding steroid dienone is 1. The van der Waals surface area contributed by atoms with Gasteiger partial charge in [0.2, 0.25) is 0 Å². The molecule has 200 valence electrons. The third kappa shape index (κ3) is 5.00. The van der Waals surface area contributed by atoms with Crippen LogP contribution in [0.25, 0.3) is 0 Å². The molecule has 4 nitrogen and oxygen atoms in total. The summed E-state index contributed by atoms with van der Waals surface area (Å²) in [6, 6.07) is 0. The number of fused-ring (bicyclic) bond motifs is 5. The summed E-state index contributed by atoms with van der Waals surface area (Å²) in [4.78, 5) is 12.8. The van der Waals surface area contributed by atoms with Gasteiger partial charge in [0.15, 0.2) is 0 Å². The van der Waals surface area contributed by atoms with Gasteiger partial charge in [0.25, 0.3) is 5.91 Å². The molecular formula is C31H54N2O2. The summed E-state index contributed by atoms with van der Waals surface area (Å²) >= 11 is 0. The molecular weight excluding hydrogens is 432 g/mol. The lowest BCUT2D eigenvalue weighted by Crippen LogP contribution is -2.56. The molecule has 0 saturated heterocycles. The highest BCUT2D eigenvalue weighted by Gasteiger charge is 2.60. The van der Waals surface area contributed by atoms with Crippen molar-refractivity contribution in [3.63, 3.8) is 0 Å². The van der Waals surface area contributed by atoms with E-state index in [2.05, 4.69) is 51.3 Å². The van der Waals surface area contributed by atoms with Crippen LogP contribution in [0.5, 0.6) is 0 Å². The Morgan fingerprint density at radius 3 is 2.54 bits per heavy atom. The zero-order valence-electron chi connectivity index (χ0n) is 23.6. The molecule has 0 bridgehead atoms. The van der Waals surface area contributed by atoms with E-state index in [-0.39, 0.29) is 11.3 Å². The second-order valence-electron chi connectivity index (χ2n) is 13.9. The standard InChI is InChI=1S/C31H54N2O2/c1-21(2)8-7-9-22(3)25-12-13-26-24-11-10-23-20-31(35,28(34)33-19-18-32-6)17-16-29(23,4)27(24)14-15-30(25,26)5/h10,21-22,24-27,32,35H,7-9,11-20H2,1-6H3,(H,33,34)/t22-,24+,25-,26+,27+,29+,30-,31-/m1/s1. The highest BCUT2D eigenvalue weighted by atomic mass is 16.3. The highest BCUT2D eigenvalue weighted by Crippen LogP contribution is 2.67. The van der Waals surface area contributed by atoms with Gasteiger partial charge in [-0.2, -0.15) is 0 Å². The average molecular weight is 487 g/mol. The van der Waals surface area contributed by atoms with Crippen molar-refractivity contribution in [2.75, 3.05) is 20.1 Å². The lowest BCUT2D eigenvalue weighted by atomic mass is 9.46. The third-order valence-electron chi connectivity index (χ3n) is 11.5. The fourth-order valence-electron chi connectivity index (χ4n) is 9.33. The summed E-state index contributed by atoms with van der Waals surface area (Å²) in [5, 5.41) is 17.3. The van der Waals surface area contributed by atoms with Crippen LogP contribution in [0.1, 0.15) is 105 Å². The van der Waals surface area contributed by atoms with E-state index in [0.29, 0.717) is 30.7 Å². The summed E-state index contributed by atoms with van der Waals surface area (Å²) in [5.41, 5.74) is 0.793. The van der Waals surface area contributed by atoms with Crippen molar-refractivity contribution in [2.45, 2.75) is 111 Å². The normalized spacial score (nSPS) is 41.5. The quantitative estimate of drug-likeness (QED) is 0.273. The number of amides is 1. The van der Waals surface area contributed by atoms with Gasteiger partial charge in [0.05, 0.1) is 0 Å². The molecule has 4 aliphatic carbocycles. The van der Waals surface area contributed by atoms with Crippen LogP contribution in [0.2, 0.25) is 0 Å². The fourth-order valence-corrected chi connectivity index (χ4v) is 9.33. The summed E-state index contributed by atoms with van der Waals surface area (Å²) in [5.74, 6) is 4.71. The smallest absolute Gasteiger partial charge is 0.252 e. The van der Waals surface area contributed by atoms with E-state index in [4.69, 9.17) is 0 Å². The number of hydrogen-bond donors (Lipinski definition) is 3. The molecule has 0 radical (unpaired) electrons. The number of carbonyl (C=O) groups is 1. The summed E-state index contributed by atoms with van der Waals surface area (Å²) in [7, 11) is 1.88.